The summed E-state index contributed by atoms with van der Waals surface area (Å²) in [6, 6.07) is 0. The van der Waals surface area contributed by atoms with Crippen molar-refractivity contribution in [2.75, 3.05) is 0 Å². The molecule has 0 unspecified atom stereocenters. The van der Waals surface area contributed by atoms with Crippen molar-refractivity contribution in [3.05, 3.63) is 0 Å². The first-order valence-corrected chi connectivity index (χ1v) is 6.30. The Balaban J connectivity index is 3.94. The molecule has 1 heteroatoms. The molecule has 0 saturated carbocycles. The zero-order valence-electron chi connectivity index (χ0n) is 10.5. The summed E-state index contributed by atoms with van der Waals surface area (Å²) in [6.07, 6.45) is 7.52. The van der Waals surface area contributed by atoms with Crippen LogP contribution in [0.3, 0.4) is 0 Å². The molecular formula is C13H28O. The lowest BCUT2D eigenvalue weighted by atomic mass is 9.85. The third-order valence-electron chi connectivity index (χ3n) is 3.23. The topological polar surface area (TPSA) is 20.2 Å². The van der Waals surface area contributed by atoms with Gasteiger partial charge in [0.2, 0.25) is 0 Å². The Kier molecular flexibility index (Phi) is 7.26. The maximum atomic E-state index is 10.4. The summed E-state index contributed by atoms with van der Waals surface area (Å²) in [5, 5.41) is 10.4. The Labute approximate surface area is 89.9 Å². The zero-order valence-corrected chi connectivity index (χ0v) is 10.5. The molecule has 0 heterocycles. The van der Waals surface area contributed by atoms with Gasteiger partial charge in [0.1, 0.15) is 0 Å². The Hall–Kier alpha value is -0.0400. The molecule has 0 aliphatic rings. The lowest BCUT2D eigenvalue weighted by Gasteiger charge is -2.28. The maximum absolute atomic E-state index is 10.4. The van der Waals surface area contributed by atoms with Gasteiger partial charge in [-0.1, -0.05) is 47.0 Å². The van der Waals surface area contributed by atoms with E-state index in [4.69, 9.17) is 0 Å². The predicted octanol–water partition coefficient (Wildman–Crippen LogP) is 4.14. The summed E-state index contributed by atoms with van der Waals surface area (Å²) in [5.41, 5.74) is -0.368. The molecule has 0 aliphatic heterocycles. The standard InChI is InChI=1S/C13H28O/c1-5-9-13(14,10-6-2)11-8-12(4)7-3/h12,14H,5-11H2,1-4H3/t12-/m0/s1. The van der Waals surface area contributed by atoms with Crippen molar-refractivity contribution < 1.29 is 5.11 Å². The van der Waals surface area contributed by atoms with Gasteiger partial charge in [0.05, 0.1) is 5.60 Å². The van der Waals surface area contributed by atoms with Crippen LogP contribution in [0, 0.1) is 5.92 Å². The molecule has 0 saturated heterocycles. The van der Waals surface area contributed by atoms with E-state index in [-0.39, 0.29) is 5.60 Å². The molecule has 1 atom stereocenters. The second kappa shape index (κ2) is 7.28. The van der Waals surface area contributed by atoms with Crippen molar-refractivity contribution in [2.24, 2.45) is 5.92 Å². The van der Waals surface area contributed by atoms with E-state index in [2.05, 4.69) is 27.7 Å². The van der Waals surface area contributed by atoms with E-state index in [0.29, 0.717) is 0 Å². The van der Waals surface area contributed by atoms with E-state index in [0.717, 1.165) is 38.0 Å². The number of aliphatic hydroxyl groups is 1. The molecule has 0 aromatic carbocycles. The minimum Gasteiger partial charge on any atom is -0.390 e. The Bertz CT molecular complexity index is 125. The molecule has 0 radical (unpaired) electrons. The molecule has 0 amide bonds. The summed E-state index contributed by atoms with van der Waals surface area (Å²) in [4.78, 5) is 0. The van der Waals surface area contributed by atoms with Gasteiger partial charge in [-0.3, -0.25) is 0 Å². The third kappa shape index (κ3) is 5.64. The fraction of sp³-hybridized carbons (Fsp3) is 1.00. The minimum atomic E-state index is -0.368. The van der Waals surface area contributed by atoms with Crippen LogP contribution >= 0.6 is 0 Å². The van der Waals surface area contributed by atoms with Crippen LogP contribution in [0.4, 0.5) is 0 Å². The second-order valence-electron chi connectivity index (χ2n) is 4.78. The van der Waals surface area contributed by atoms with E-state index in [1.807, 2.05) is 0 Å². The van der Waals surface area contributed by atoms with Crippen molar-refractivity contribution in [1.29, 1.82) is 0 Å². The van der Waals surface area contributed by atoms with Crippen LogP contribution in [-0.2, 0) is 0 Å². The quantitative estimate of drug-likeness (QED) is 0.624. The largest absolute Gasteiger partial charge is 0.390 e. The lowest BCUT2D eigenvalue weighted by molar-refractivity contribution is 0.00759. The zero-order chi connectivity index (χ0) is 11.0. The van der Waals surface area contributed by atoms with E-state index < -0.39 is 0 Å². The third-order valence-corrected chi connectivity index (χ3v) is 3.23. The highest BCUT2D eigenvalue weighted by atomic mass is 16.3. The van der Waals surface area contributed by atoms with Gasteiger partial charge in [-0.15, -0.1) is 0 Å². The molecule has 14 heavy (non-hydrogen) atoms. The first-order chi connectivity index (χ1) is 6.58. The van der Waals surface area contributed by atoms with Gasteiger partial charge in [-0.2, -0.15) is 0 Å². The summed E-state index contributed by atoms with van der Waals surface area (Å²) >= 11 is 0. The van der Waals surface area contributed by atoms with Crippen molar-refractivity contribution in [3.8, 4) is 0 Å². The number of hydrogen-bond acceptors (Lipinski definition) is 1. The van der Waals surface area contributed by atoms with Gasteiger partial charge in [-0.05, 0) is 31.6 Å². The maximum Gasteiger partial charge on any atom is 0.0647 e. The molecule has 0 aliphatic carbocycles. The second-order valence-corrected chi connectivity index (χ2v) is 4.78. The molecule has 0 fully saturated rings. The van der Waals surface area contributed by atoms with Gasteiger partial charge in [0.15, 0.2) is 0 Å². The smallest absolute Gasteiger partial charge is 0.0647 e. The normalized spacial score (nSPS) is 14.4. The predicted molar refractivity (Wildman–Crippen MR) is 63.5 cm³/mol. The summed E-state index contributed by atoms with van der Waals surface area (Å²) in [6.45, 7) is 8.81. The monoisotopic (exact) mass is 200 g/mol. The fourth-order valence-corrected chi connectivity index (χ4v) is 2.02. The van der Waals surface area contributed by atoms with E-state index in [1.165, 1.54) is 12.8 Å². The van der Waals surface area contributed by atoms with E-state index in [1.54, 1.807) is 0 Å². The van der Waals surface area contributed by atoms with Crippen LogP contribution < -0.4 is 0 Å². The average molecular weight is 200 g/mol. The van der Waals surface area contributed by atoms with Gasteiger partial charge >= 0.3 is 0 Å². The van der Waals surface area contributed by atoms with Crippen LogP contribution in [0.25, 0.3) is 0 Å². The summed E-state index contributed by atoms with van der Waals surface area (Å²) in [5.74, 6) is 0.759. The highest BCUT2D eigenvalue weighted by Crippen LogP contribution is 2.27. The van der Waals surface area contributed by atoms with Crippen LogP contribution in [0.5, 0.6) is 0 Å². The fourth-order valence-electron chi connectivity index (χ4n) is 2.02. The Morgan fingerprint density at radius 1 is 1.00 bits per heavy atom. The van der Waals surface area contributed by atoms with Crippen molar-refractivity contribution >= 4 is 0 Å². The van der Waals surface area contributed by atoms with Gasteiger partial charge < -0.3 is 5.11 Å². The van der Waals surface area contributed by atoms with Crippen LogP contribution in [0.15, 0.2) is 0 Å². The molecule has 0 bridgehead atoms. The highest BCUT2D eigenvalue weighted by Gasteiger charge is 2.24. The molecule has 1 nitrogen and oxygen atoms in total. The molecule has 0 aromatic rings. The lowest BCUT2D eigenvalue weighted by Crippen LogP contribution is -2.28. The van der Waals surface area contributed by atoms with Crippen molar-refractivity contribution in [3.63, 3.8) is 0 Å². The van der Waals surface area contributed by atoms with Crippen LogP contribution in [0.1, 0.15) is 72.6 Å². The molecular weight excluding hydrogens is 172 g/mol. The summed E-state index contributed by atoms with van der Waals surface area (Å²) in [7, 11) is 0. The van der Waals surface area contributed by atoms with Gasteiger partial charge in [0, 0.05) is 0 Å². The molecule has 0 spiro atoms. The van der Waals surface area contributed by atoms with Gasteiger partial charge in [0.25, 0.3) is 0 Å². The van der Waals surface area contributed by atoms with E-state index in [9.17, 15) is 5.11 Å². The van der Waals surface area contributed by atoms with Crippen molar-refractivity contribution in [2.45, 2.75) is 78.2 Å². The van der Waals surface area contributed by atoms with Gasteiger partial charge in [-0.25, -0.2) is 0 Å². The SMILES string of the molecule is CCCC(O)(CCC)CC[C@@H](C)CC. The Morgan fingerprint density at radius 2 is 1.50 bits per heavy atom. The Morgan fingerprint density at radius 3 is 1.86 bits per heavy atom. The van der Waals surface area contributed by atoms with Crippen molar-refractivity contribution in [1.82, 2.24) is 0 Å². The number of rotatable bonds is 8. The molecule has 0 aromatic heterocycles. The molecule has 86 valence electrons. The van der Waals surface area contributed by atoms with E-state index >= 15 is 0 Å². The highest BCUT2D eigenvalue weighted by molar-refractivity contribution is 4.78. The minimum absolute atomic E-state index is 0.368. The summed E-state index contributed by atoms with van der Waals surface area (Å²) < 4.78 is 0. The molecule has 1 N–H and O–H groups in total. The van der Waals surface area contributed by atoms with Crippen LogP contribution in [0.2, 0.25) is 0 Å². The number of hydrogen-bond donors (Lipinski definition) is 1. The first-order valence-electron chi connectivity index (χ1n) is 6.30. The molecule has 0 rings (SSSR count). The average Bonchev–Trinajstić information content (AvgIpc) is 2.15. The van der Waals surface area contributed by atoms with Crippen LogP contribution in [-0.4, -0.2) is 10.7 Å². The first kappa shape index (κ1) is 14.0.